The molecule has 1 aliphatic carbocycles. The summed E-state index contributed by atoms with van der Waals surface area (Å²) in [6.07, 6.45) is 11.1. The first-order valence-electron chi connectivity index (χ1n) is 7.40. The summed E-state index contributed by atoms with van der Waals surface area (Å²) in [5.41, 5.74) is 0.173. The molecule has 0 bridgehead atoms. The fourth-order valence-corrected chi connectivity index (χ4v) is 3.55. The van der Waals surface area contributed by atoms with Crippen LogP contribution in [0.4, 0.5) is 0 Å². The van der Waals surface area contributed by atoms with Crippen LogP contribution in [0.1, 0.15) is 63.7 Å². The molecule has 1 saturated heterocycles. The van der Waals surface area contributed by atoms with Crippen LogP contribution in [0.25, 0.3) is 0 Å². The summed E-state index contributed by atoms with van der Waals surface area (Å²) in [6.45, 7) is 4.52. The lowest BCUT2D eigenvalue weighted by molar-refractivity contribution is 0.281. The highest BCUT2D eigenvalue weighted by Crippen LogP contribution is 2.34. The Morgan fingerprint density at radius 3 is 2.83 bits per heavy atom. The van der Waals surface area contributed by atoms with Gasteiger partial charge in [-0.1, -0.05) is 26.2 Å². The minimum absolute atomic E-state index is 0.173. The molecule has 4 heteroatoms. The Bertz CT molecular complexity index is 386. The fraction of sp³-hybridized carbons (Fsp3) is 0.857. The normalized spacial score (nSPS) is 30.5. The lowest BCUT2D eigenvalue weighted by atomic mass is 9.81. The van der Waals surface area contributed by atoms with Crippen molar-refractivity contribution in [2.45, 2.75) is 63.3 Å². The van der Waals surface area contributed by atoms with Crippen molar-refractivity contribution in [2.75, 3.05) is 13.1 Å². The molecule has 2 aliphatic rings. The maximum atomic E-state index is 4.46. The molecule has 1 aromatic rings. The van der Waals surface area contributed by atoms with E-state index < -0.39 is 0 Å². The maximum Gasteiger partial charge on any atom is 0.140 e. The van der Waals surface area contributed by atoms with Crippen molar-refractivity contribution >= 4 is 0 Å². The zero-order valence-corrected chi connectivity index (χ0v) is 11.4. The second kappa shape index (κ2) is 5.00. The molecule has 18 heavy (non-hydrogen) atoms. The van der Waals surface area contributed by atoms with Gasteiger partial charge in [-0.2, -0.15) is 0 Å². The van der Waals surface area contributed by atoms with E-state index >= 15 is 0 Å². The fourth-order valence-electron chi connectivity index (χ4n) is 3.55. The summed E-state index contributed by atoms with van der Waals surface area (Å²) in [5, 5.41) is 12.2. The Labute approximate surface area is 109 Å². The predicted molar refractivity (Wildman–Crippen MR) is 71.6 cm³/mol. The van der Waals surface area contributed by atoms with Crippen LogP contribution in [0.2, 0.25) is 0 Å². The van der Waals surface area contributed by atoms with Gasteiger partial charge in [0.1, 0.15) is 12.2 Å². The van der Waals surface area contributed by atoms with E-state index in [0.717, 1.165) is 13.1 Å². The summed E-state index contributed by atoms with van der Waals surface area (Å²) < 4.78 is 2.38. The molecule has 0 radical (unpaired) electrons. The van der Waals surface area contributed by atoms with Crippen LogP contribution in [0.15, 0.2) is 6.33 Å². The zero-order valence-electron chi connectivity index (χ0n) is 11.4. The Morgan fingerprint density at radius 2 is 2.11 bits per heavy atom. The summed E-state index contributed by atoms with van der Waals surface area (Å²) in [4.78, 5) is 0. The molecule has 2 heterocycles. The summed E-state index contributed by atoms with van der Waals surface area (Å²) in [5.74, 6) is 1.21. The van der Waals surface area contributed by atoms with E-state index in [-0.39, 0.29) is 5.41 Å². The Balaban J connectivity index is 1.85. The average Bonchev–Trinajstić information content (AvgIpc) is 2.91. The third-order valence-electron chi connectivity index (χ3n) is 4.68. The zero-order chi connectivity index (χ0) is 12.4. The quantitative estimate of drug-likeness (QED) is 0.874. The molecule has 0 spiro atoms. The number of hydrogen-bond donors (Lipinski definition) is 1. The number of aromatic nitrogens is 3. The SMILES string of the molecule is CC1(c2nncn2C2CCCCC2)CCCNC1. The van der Waals surface area contributed by atoms with E-state index in [9.17, 15) is 0 Å². The molecule has 1 aromatic heterocycles. The first-order chi connectivity index (χ1) is 8.80. The number of nitrogens with one attached hydrogen (secondary N) is 1. The average molecular weight is 248 g/mol. The molecule has 0 amide bonds. The predicted octanol–water partition coefficient (Wildman–Crippen LogP) is 2.42. The minimum Gasteiger partial charge on any atom is -0.316 e. The van der Waals surface area contributed by atoms with E-state index in [2.05, 4.69) is 27.0 Å². The largest absolute Gasteiger partial charge is 0.316 e. The van der Waals surface area contributed by atoms with Gasteiger partial charge in [-0.05, 0) is 32.2 Å². The van der Waals surface area contributed by atoms with Gasteiger partial charge in [-0.3, -0.25) is 0 Å². The molecular formula is C14H24N4. The lowest BCUT2D eigenvalue weighted by Crippen LogP contribution is -2.43. The lowest BCUT2D eigenvalue weighted by Gasteiger charge is -2.35. The van der Waals surface area contributed by atoms with Gasteiger partial charge in [-0.25, -0.2) is 0 Å². The second-order valence-corrected chi connectivity index (χ2v) is 6.19. The molecule has 100 valence electrons. The highest BCUT2D eigenvalue weighted by atomic mass is 15.3. The third-order valence-corrected chi connectivity index (χ3v) is 4.68. The van der Waals surface area contributed by atoms with Gasteiger partial charge in [0.15, 0.2) is 0 Å². The van der Waals surface area contributed by atoms with Crippen molar-refractivity contribution in [3.8, 4) is 0 Å². The van der Waals surface area contributed by atoms with E-state index in [1.165, 1.54) is 50.8 Å². The van der Waals surface area contributed by atoms with Crippen LogP contribution in [0.5, 0.6) is 0 Å². The van der Waals surface area contributed by atoms with Gasteiger partial charge in [0.25, 0.3) is 0 Å². The Hall–Kier alpha value is -0.900. The highest BCUT2D eigenvalue weighted by molar-refractivity contribution is 5.10. The van der Waals surface area contributed by atoms with Crippen LogP contribution in [-0.4, -0.2) is 27.9 Å². The van der Waals surface area contributed by atoms with Gasteiger partial charge >= 0.3 is 0 Å². The first kappa shape index (κ1) is 12.2. The minimum atomic E-state index is 0.173. The Morgan fingerprint density at radius 1 is 1.28 bits per heavy atom. The molecule has 1 saturated carbocycles. The van der Waals surface area contributed by atoms with Crippen molar-refractivity contribution in [3.63, 3.8) is 0 Å². The van der Waals surface area contributed by atoms with Gasteiger partial charge in [-0.15, -0.1) is 10.2 Å². The summed E-state index contributed by atoms with van der Waals surface area (Å²) in [6, 6.07) is 0.641. The standard InChI is InChI=1S/C14H24N4/c1-14(8-5-9-15-10-14)13-17-16-11-18(13)12-6-3-2-4-7-12/h11-12,15H,2-10H2,1H3. The molecule has 1 atom stereocenters. The van der Waals surface area contributed by atoms with E-state index in [4.69, 9.17) is 0 Å². The van der Waals surface area contributed by atoms with Crippen molar-refractivity contribution in [1.29, 1.82) is 0 Å². The molecule has 3 rings (SSSR count). The van der Waals surface area contributed by atoms with Crippen LogP contribution < -0.4 is 5.32 Å². The van der Waals surface area contributed by atoms with Crippen LogP contribution in [0.3, 0.4) is 0 Å². The number of nitrogens with zero attached hydrogens (tertiary/aromatic N) is 3. The van der Waals surface area contributed by atoms with Gasteiger partial charge in [0.2, 0.25) is 0 Å². The molecule has 0 aromatic carbocycles. The molecule has 1 N–H and O–H groups in total. The highest BCUT2D eigenvalue weighted by Gasteiger charge is 2.35. The van der Waals surface area contributed by atoms with Crippen molar-refractivity contribution in [3.05, 3.63) is 12.2 Å². The summed E-state index contributed by atoms with van der Waals surface area (Å²) in [7, 11) is 0. The van der Waals surface area contributed by atoms with Crippen LogP contribution in [0, 0.1) is 0 Å². The van der Waals surface area contributed by atoms with Gasteiger partial charge in [0, 0.05) is 18.0 Å². The van der Waals surface area contributed by atoms with Crippen molar-refractivity contribution < 1.29 is 0 Å². The second-order valence-electron chi connectivity index (χ2n) is 6.19. The third kappa shape index (κ3) is 2.18. The first-order valence-corrected chi connectivity index (χ1v) is 7.40. The van der Waals surface area contributed by atoms with Crippen molar-refractivity contribution in [2.24, 2.45) is 0 Å². The van der Waals surface area contributed by atoms with Gasteiger partial charge < -0.3 is 9.88 Å². The van der Waals surface area contributed by atoms with E-state index in [0.29, 0.717) is 6.04 Å². The molecule has 4 nitrogen and oxygen atoms in total. The number of hydrogen-bond acceptors (Lipinski definition) is 3. The molecular weight excluding hydrogens is 224 g/mol. The smallest absolute Gasteiger partial charge is 0.140 e. The topological polar surface area (TPSA) is 42.7 Å². The molecule has 2 fully saturated rings. The monoisotopic (exact) mass is 248 g/mol. The summed E-state index contributed by atoms with van der Waals surface area (Å²) >= 11 is 0. The van der Waals surface area contributed by atoms with E-state index in [1.54, 1.807) is 0 Å². The maximum absolute atomic E-state index is 4.46. The Kier molecular flexibility index (Phi) is 3.37. The van der Waals surface area contributed by atoms with E-state index in [1.807, 2.05) is 6.33 Å². The number of rotatable bonds is 2. The van der Waals surface area contributed by atoms with Crippen LogP contribution >= 0.6 is 0 Å². The van der Waals surface area contributed by atoms with Gasteiger partial charge in [0.05, 0.1) is 0 Å². The van der Waals surface area contributed by atoms with Crippen LogP contribution in [-0.2, 0) is 5.41 Å². The molecule has 1 aliphatic heterocycles. The van der Waals surface area contributed by atoms with Crippen molar-refractivity contribution in [1.82, 2.24) is 20.1 Å². The molecule has 1 unspecified atom stereocenters. The number of piperidine rings is 1.